The number of hydrogen-bond donors (Lipinski definition) is 3. The maximum atomic E-state index is 14.2. The molecule has 1 heterocycles. The van der Waals surface area contributed by atoms with Crippen molar-refractivity contribution in [2.45, 2.75) is 57.6 Å². The van der Waals surface area contributed by atoms with Crippen molar-refractivity contribution in [2.24, 2.45) is 5.92 Å². The number of aliphatic hydroxyl groups is 2. The van der Waals surface area contributed by atoms with Gasteiger partial charge < -0.3 is 25.0 Å². The van der Waals surface area contributed by atoms with Crippen LogP contribution in [0.2, 0.25) is 0 Å². The van der Waals surface area contributed by atoms with E-state index in [-0.39, 0.29) is 37.3 Å². The minimum atomic E-state index is -2.34. The number of ether oxygens (including phenoxy) is 2. The largest absolute Gasteiger partial charge is 0.392 e. The summed E-state index contributed by atoms with van der Waals surface area (Å²) in [7, 11) is 1.95. The van der Waals surface area contributed by atoms with E-state index in [0.717, 1.165) is 33.4 Å². The van der Waals surface area contributed by atoms with Crippen molar-refractivity contribution in [2.75, 3.05) is 13.6 Å². The molecule has 288 valence electrons. The maximum Gasteiger partial charge on any atom is 0.257 e. The van der Waals surface area contributed by atoms with Gasteiger partial charge in [-0.1, -0.05) is 104 Å². The van der Waals surface area contributed by atoms with Crippen molar-refractivity contribution < 1.29 is 46.4 Å². The number of aliphatic hydroxyl groups excluding tert-OH is 2. The van der Waals surface area contributed by atoms with Crippen molar-refractivity contribution in [3.63, 3.8) is 0 Å². The first kappa shape index (κ1) is 39.7. The zero-order valence-electron chi connectivity index (χ0n) is 30.4. The average Bonchev–Trinajstić information content (AvgIpc) is 3.22. The predicted molar refractivity (Wildman–Crippen MR) is 196 cm³/mol. The summed E-state index contributed by atoms with van der Waals surface area (Å²) in [6, 6.07) is 31.3. The Hall–Kier alpha value is -4.98. The summed E-state index contributed by atoms with van der Waals surface area (Å²) in [5.41, 5.74) is 3.78. The zero-order chi connectivity index (χ0) is 39.4. The quantitative estimate of drug-likeness (QED) is 0.0674. The minimum Gasteiger partial charge on any atom is -0.392 e. The number of rotatable bonds is 12. The molecule has 0 unspecified atom stereocenters. The Bertz CT molecular complexity index is 2070. The van der Waals surface area contributed by atoms with Gasteiger partial charge in [-0.3, -0.25) is 9.69 Å². The summed E-state index contributed by atoms with van der Waals surface area (Å²) in [6.07, 6.45) is -2.11. The molecule has 1 aliphatic rings. The van der Waals surface area contributed by atoms with E-state index in [1.54, 1.807) is 18.2 Å². The summed E-state index contributed by atoms with van der Waals surface area (Å²) in [6.45, 7) is 4.22. The molecular formula is C43H41F5N2O5. The Morgan fingerprint density at radius 3 is 2.02 bits per heavy atom. The standard InChI is InChI=1S/C43H41F5N2O5/c1-24-33(22-50(3)25(2)40(52)29-9-5-4-6-10-29)54-43(55-41(24)30-14-12-26(23-51)13-15-30)31-18-16-28(17-19-31)32-11-7-8-27(20-32)21-49-42(53)34-35(44)37(46)39(48)38(47)36(34)45/h4-20,24-25,33,40-41,43,51-52H,21-23H2,1-3H3,(H,49,53)/t24-,25-,33+,40-,41+,43+/m1/s1. The Balaban J connectivity index is 1.19. The van der Waals surface area contributed by atoms with Crippen LogP contribution in [0.25, 0.3) is 11.1 Å². The highest BCUT2D eigenvalue weighted by molar-refractivity contribution is 5.94. The van der Waals surface area contributed by atoms with Crippen LogP contribution in [0.5, 0.6) is 0 Å². The van der Waals surface area contributed by atoms with E-state index >= 15 is 0 Å². The Morgan fingerprint density at radius 2 is 1.38 bits per heavy atom. The van der Waals surface area contributed by atoms with E-state index in [4.69, 9.17) is 9.47 Å². The third kappa shape index (κ3) is 8.64. The molecule has 0 aromatic heterocycles. The first-order valence-electron chi connectivity index (χ1n) is 17.8. The second-order valence-electron chi connectivity index (χ2n) is 13.8. The summed E-state index contributed by atoms with van der Waals surface area (Å²) in [4.78, 5) is 14.6. The van der Waals surface area contributed by atoms with E-state index in [2.05, 4.69) is 17.1 Å². The molecule has 1 amide bonds. The number of hydrogen-bond acceptors (Lipinski definition) is 6. The normalized spacial score (nSPS) is 19.6. The summed E-state index contributed by atoms with van der Waals surface area (Å²) >= 11 is 0. The van der Waals surface area contributed by atoms with Gasteiger partial charge in [-0.05, 0) is 53.4 Å². The van der Waals surface area contributed by atoms with Crippen LogP contribution in [0, 0.1) is 35.0 Å². The first-order valence-corrected chi connectivity index (χ1v) is 17.8. The molecule has 5 aromatic carbocycles. The van der Waals surface area contributed by atoms with Crippen LogP contribution in [0.3, 0.4) is 0 Å². The van der Waals surface area contributed by atoms with Gasteiger partial charge in [-0.2, -0.15) is 0 Å². The maximum absolute atomic E-state index is 14.2. The molecule has 12 heteroatoms. The number of halogens is 5. The van der Waals surface area contributed by atoms with Gasteiger partial charge in [0.25, 0.3) is 5.91 Å². The Labute approximate surface area is 316 Å². The Kier molecular flexibility index (Phi) is 12.4. The smallest absolute Gasteiger partial charge is 0.257 e. The lowest BCUT2D eigenvalue weighted by Crippen LogP contribution is -2.46. The fourth-order valence-electron chi connectivity index (χ4n) is 6.72. The number of carbonyl (C=O) groups is 1. The first-order chi connectivity index (χ1) is 26.4. The van der Waals surface area contributed by atoms with Gasteiger partial charge in [0.1, 0.15) is 5.56 Å². The van der Waals surface area contributed by atoms with E-state index < -0.39 is 53.0 Å². The van der Waals surface area contributed by atoms with Crippen LogP contribution in [0.1, 0.15) is 70.5 Å². The van der Waals surface area contributed by atoms with Crippen molar-refractivity contribution in [3.8, 4) is 11.1 Å². The van der Waals surface area contributed by atoms with Gasteiger partial charge in [-0.25, -0.2) is 22.0 Å². The van der Waals surface area contributed by atoms with Crippen LogP contribution < -0.4 is 5.32 Å². The second-order valence-corrected chi connectivity index (χ2v) is 13.8. The van der Waals surface area contributed by atoms with Crippen LogP contribution in [-0.2, 0) is 22.6 Å². The van der Waals surface area contributed by atoms with Crippen LogP contribution in [0.4, 0.5) is 22.0 Å². The molecule has 7 nitrogen and oxygen atoms in total. The number of amides is 1. The molecule has 5 aromatic rings. The van der Waals surface area contributed by atoms with Crippen LogP contribution in [-0.4, -0.2) is 46.8 Å². The molecule has 1 saturated heterocycles. The van der Waals surface area contributed by atoms with Crippen molar-refractivity contribution in [3.05, 3.63) is 166 Å². The molecule has 55 heavy (non-hydrogen) atoms. The molecule has 0 saturated carbocycles. The third-order valence-corrected chi connectivity index (χ3v) is 10.2. The lowest BCUT2D eigenvalue weighted by molar-refractivity contribution is -0.276. The highest BCUT2D eigenvalue weighted by atomic mass is 19.2. The van der Waals surface area contributed by atoms with Crippen LogP contribution >= 0.6 is 0 Å². The van der Waals surface area contributed by atoms with Gasteiger partial charge in [0, 0.05) is 30.6 Å². The lowest BCUT2D eigenvalue weighted by Gasteiger charge is -2.43. The van der Waals surface area contributed by atoms with Crippen molar-refractivity contribution in [1.82, 2.24) is 10.2 Å². The van der Waals surface area contributed by atoms with Gasteiger partial charge in [-0.15, -0.1) is 0 Å². The van der Waals surface area contributed by atoms with Crippen LogP contribution in [0.15, 0.2) is 103 Å². The van der Waals surface area contributed by atoms with Crippen molar-refractivity contribution >= 4 is 5.91 Å². The van der Waals surface area contributed by atoms with Gasteiger partial charge >= 0.3 is 0 Å². The topological polar surface area (TPSA) is 91.3 Å². The number of benzene rings is 5. The molecule has 1 aliphatic heterocycles. The van der Waals surface area contributed by atoms with Gasteiger partial charge in [0.15, 0.2) is 29.6 Å². The van der Waals surface area contributed by atoms with E-state index in [1.807, 2.05) is 98.9 Å². The van der Waals surface area contributed by atoms with E-state index in [1.165, 1.54) is 0 Å². The number of nitrogens with zero attached hydrogens (tertiary/aromatic N) is 1. The van der Waals surface area contributed by atoms with Gasteiger partial charge in [0.05, 0.1) is 24.9 Å². The number of carbonyl (C=O) groups excluding carboxylic acids is 1. The molecular weight excluding hydrogens is 719 g/mol. The molecule has 3 N–H and O–H groups in total. The fraction of sp³-hybridized carbons (Fsp3) is 0.279. The summed E-state index contributed by atoms with van der Waals surface area (Å²) in [5, 5.41) is 23.0. The lowest BCUT2D eigenvalue weighted by atomic mass is 9.89. The Morgan fingerprint density at radius 1 is 0.764 bits per heavy atom. The SMILES string of the molecule is C[C@@H]1[C@H](CN(C)[C@H](C)[C@@H](O)c2ccccc2)O[C@H](c2ccc(-c3cccc(CNC(=O)c4c(F)c(F)c(F)c(F)c4F)c3)cc2)O[C@@H]1c1ccc(CO)cc1. The molecule has 1 fully saturated rings. The monoisotopic (exact) mass is 760 g/mol. The summed E-state index contributed by atoms with van der Waals surface area (Å²) < 4.78 is 82.3. The molecule has 0 aliphatic carbocycles. The van der Waals surface area contributed by atoms with E-state index in [9.17, 15) is 37.0 Å². The molecule has 0 spiro atoms. The van der Waals surface area contributed by atoms with E-state index in [0.29, 0.717) is 12.1 Å². The number of likely N-dealkylation sites (N-methyl/N-ethyl adjacent to an activating group) is 1. The molecule has 0 radical (unpaired) electrons. The fourth-order valence-corrected chi connectivity index (χ4v) is 6.72. The van der Waals surface area contributed by atoms with Gasteiger partial charge in [0.2, 0.25) is 5.82 Å². The minimum absolute atomic E-state index is 0.0789. The second kappa shape index (κ2) is 17.2. The molecule has 6 atom stereocenters. The molecule has 0 bridgehead atoms. The average molecular weight is 761 g/mol. The summed E-state index contributed by atoms with van der Waals surface area (Å²) in [5.74, 6) is -12.7. The zero-order valence-corrected chi connectivity index (χ0v) is 30.4. The highest BCUT2D eigenvalue weighted by Gasteiger charge is 2.39. The molecule has 6 rings (SSSR count). The third-order valence-electron chi connectivity index (χ3n) is 10.2. The predicted octanol–water partition coefficient (Wildman–Crippen LogP) is 8.32. The highest BCUT2D eigenvalue weighted by Crippen LogP contribution is 2.42. The number of nitrogens with one attached hydrogen (secondary N) is 1. The van der Waals surface area contributed by atoms with Crippen molar-refractivity contribution in [1.29, 1.82) is 0 Å².